The fourth-order valence-corrected chi connectivity index (χ4v) is 6.24. The van der Waals surface area contributed by atoms with Crippen LogP contribution in [0.4, 0.5) is 0 Å². The van der Waals surface area contributed by atoms with Crippen LogP contribution in [-0.4, -0.2) is 63.5 Å². The second-order valence-corrected chi connectivity index (χ2v) is 15.9. The molecule has 0 bridgehead atoms. The normalized spacial score (nSPS) is 14.3. The van der Waals surface area contributed by atoms with Gasteiger partial charge < -0.3 is 29.5 Å². The topological polar surface area (TPSA) is 160 Å². The Bertz CT molecular complexity index is 1190. The monoisotopic (exact) mass is 823 g/mol. The number of carbonyl (C=O) groups is 2. The van der Waals surface area contributed by atoms with Crippen LogP contribution >= 0.6 is 7.82 Å². The minimum absolute atomic E-state index is 0.0793. The summed E-state index contributed by atoms with van der Waals surface area (Å²) < 4.78 is 26.3. The van der Waals surface area contributed by atoms with E-state index in [0.29, 0.717) is 32.1 Å². The van der Waals surface area contributed by atoms with Gasteiger partial charge in [-0.1, -0.05) is 196 Å². The van der Waals surface area contributed by atoms with Gasteiger partial charge in [0, 0.05) is 12.8 Å². The molecule has 0 aliphatic rings. The second-order valence-electron chi connectivity index (χ2n) is 14.7. The van der Waals surface area contributed by atoms with Gasteiger partial charge in [0.05, 0.1) is 18.8 Å². The van der Waals surface area contributed by atoms with E-state index in [-0.39, 0.29) is 19.4 Å². The Morgan fingerprint density at radius 1 is 0.579 bits per heavy atom. The summed E-state index contributed by atoms with van der Waals surface area (Å²) in [7, 11) is -4.81. The zero-order chi connectivity index (χ0) is 42.1. The van der Waals surface area contributed by atoms with E-state index in [1.54, 1.807) is 30.4 Å². The van der Waals surface area contributed by atoms with Crippen LogP contribution in [-0.2, 0) is 28.2 Å². The first kappa shape index (κ1) is 54.4. The van der Waals surface area contributed by atoms with Crippen LogP contribution < -0.4 is 0 Å². The molecule has 0 amide bonds. The highest BCUT2D eigenvalue weighted by Gasteiger charge is 2.22. The van der Waals surface area contributed by atoms with E-state index in [0.717, 1.165) is 25.7 Å². The van der Waals surface area contributed by atoms with Gasteiger partial charge >= 0.3 is 19.8 Å². The van der Waals surface area contributed by atoms with Crippen molar-refractivity contribution >= 4 is 19.8 Å². The van der Waals surface area contributed by atoms with Crippen molar-refractivity contribution in [2.24, 2.45) is 0 Å². The number of ether oxygens (including phenoxy) is 2. The Balaban J connectivity index is 4.14. The van der Waals surface area contributed by atoms with E-state index in [1.165, 1.54) is 89.9 Å². The number of hydrogen-bond donors (Lipinski definition) is 4. The van der Waals surface area contributed by atoms with Gasteiger partial charge in [-0.15, -0.1) is 0 Å². The molecule has 0 saturated heterocycles. The molecule has 4 N–H and O–H groups in total. The molecule has 3 atom stereocenters. The van der Waals surface area contributed by atoms with Crippen molar-refractivity contribution in [1.82, 2.24) is 0 Å². The molecule has 0 heterocycles. The van der Waals surface area contributed by atoms with Crippen molar-refractivity contribution in [2.45, 2.75) is 193 Å². The minimum atomic E-state index is -4.81. The maximum atomic E-state index is 12.4. The predicted molar refractivity (Wildman–Crippen MR) is 232 cm³/mol. The van der Waals surface area contributed by atoms with Gasteiger partial charge in [0.1, 0.15) is 6.61 Å². The number of hydrogen-bond acceptors (Lipinski definition) is 8. The molecule has 0 fully saturated rings. The number of phosphoric acid groups is 1. The van der Waals surface area contributed by atoms with E-state index < -0.39 is 44.7 Å². The van der Waals surface area contributed by atoms with Gasteiger partial charge in [0.2, 0.25) is 0 Å². The van der Waals surface area contributed by atoms with E-state index in [1.807, 2.05) is 42.5 Å². The highest BCUT2D eigenvalue weighted by molar-refractivity contribution is 7.46. The van der Waals surface area contributed by atoms with Crippen LogP contribution in [0.3, 0.4) is 0 Å². The van der Waals surface area contributed by atoms with E-state index >= 15 is 0 Å². The van der Waals surface area contributed by atoms with Gasteiger partial charge in [-0.25, -0.2) is 4.57 Å². The summed E-state index contributed by atoms with van der Waals surface area (Å²) >= 11 is 0. The molecule has 0 unspecified atom stereocenters. The maximum Gasteiger partial charge on any atom is 0.469 e. The third kappa shape index (κ3) is 42.8. The van der Waals surface area contributed by atoms with Crippen LogP contribution in [0.25, 0.3) is 0 Å². The lowest BCUT2D eigenvalue weighted by Crippen LogP contribution is -2.29. The Labute approximate surface area is 345 Å². The standard InChI is InChI=1S/C46H79O10P/c1-3-5-7-8-9-10-11-12-13-14-15-16-17-18-19-23-26-32-39-46(50)56-44(41-55-57(51,52)53)40-54-45(49)38-33-27-31-37-43(48)36-30-25-22-20-21-24-29-35-42(47)34-28-6-4-2/h6,21-22,24-25,28-31,35-37,42-44,47-48H,3-5,7-20,23,26-27,32-34,38-41H2,1-2H3,(H2,51,52,53)/b24-21-,25-22-,28-6-,35-29+,36-30+,37-31-/t42-,43-,44-/m1/s1. The van der Waals surface area contributed by atoms with Crippen molar-refractivity contribution in [3.05, 3.63) is 72.9 Å². The summed E-state index contributed by atoms with van der Waals surface area (Å²) in [6.45, 7) is 3.35. The Morgan fingerprint density at radius 2 is 1.11 bits per heavy atom. The maximum absolute atomic E-state index is 12.4. The third-order valence-electron chi connectivity index (χ3n) is 9.16. The van der Waals surface area contributed by atoms with Gasteiger partial charge in [-0.05, 0) is 38.5 Å². The summed E-state index contributed by atoms with van der Waals surface area (Å²) in [5.41, 5.74) is 0. The Morgan fingerprint density at radius 3 is 1.65 bits per heavy atom. The fourth-order valence-electron chi connectivity index (χ4n) is 5.88. The molecular formula is C46H79O10P. The summed E-state index contributed by atoms with van der Waals surface area (Å²) in [5, 5.41) is 19.9. The van der Waals surface area contributed by atoms with E-state index in [4.69, 9.17) is 19.3 Å². The number of aliphatic hydroxyl groups is 2. The lowest BCUT2D eigenvalue weighted by atomic mass is 10.0. The quantitative estimate of drug-likeness (QED) is 0.0154. The molecule has 11 heteroatoms. The number of unbranched alkanes of at least 4 members (excludes halogenated alkanes) is 18. The van der Waals surface area contributed by atoms with Crippen molar-refractivity contribution in [2.75, 3.05) is 13.2 Å². The van der Waals surface area contributed by atoms with E-state index in [9.17, 15) is 24.4 Å². The van der Waals surface area contributed by atoms with Crippen molar-refractivity contribution < 1.29 is 48.2 Å². The number of carbonyl (C=O) groups excluding carboxylic acids is 2. The summed E-state index contributed by atoms with van der Waals surface area (Å²) in [6.07, 6.45) is 45.5. The van der Waals surface area contributed by atoms with Crippen LogP contribution in [0.15, 0.2) is 72.9 Å². The first-order valence-electron chi connectivity index (χ1n) is 22.0. The van der Waals surface area contributed by atoms with Crippen molar-refractivity contribution in [1.29, 1.82) is 0 Å². The first-order chi connectivity index (χ1) is 27.6. The van der Waals surface area contributed by atoms with Crippen LogP contribution in [0.2, 0.25) is 0 Å². The molecule has 0 aromatic carbocycles. The SMILES string of the molecule is CC/C=C\C[C@@H](O)/C=C/C=C\C/C=C\C=C\[C@@H](O)/C=C\CCCC(=O)OC[C@H](COP(=O)(O)O)OC(=O)CCCCCCCCCCCCCCCCCCCC. The first-order valence-corrected chi connectivity index (χ1v) is 23.5. The molecule has 0 aliphatic carbocycles. The number of aliphatic hydroxyl groups excluding tert-OH is 2. The Kier molecular flexibility index (Phi) is 38.4. The molecule has 0 aromatic heterocycles. The van der Waals surface area contributed by atoms with Gasteiger partial charge in [-0.2, -0.15) is 0 Å². The second kappa shape index (κ2) is 40.2. The number of esters is 2. The molecule has 328 valence electrons. The summed E-state index contributed by atoms with van der Waals surface area (Å²) in [4.78, 5) is 42.9. The zero-order valence-corrected chi connectivity index (χ0v) is 36.3. The predicted octanol–water partition coefficient (Wildman–Crippen LogP) is 11.4. The molecular weight excluding hydrogens is 743 g/mol. The number of phosphoric ester groups is 1. The molecule has 0 spiro atoms. The van der Waals surface area contributed by atoms with Gasteiger partial charge in [-0.3, -0.25) is 14.1 Å². The highest BCUT2D eigenvalue weighted by Crippen LogP contribution is 2.36. The molecule has 0 radical (unpaired) electrons. The molecule has 0 aliphatic heterocycles. The third-order valence-corrected chi connectivity index (χ3v) is 9.65. The average Bonchev–Trinajstić information content (AvgIpc) is 3.17. The highest BCUT2D eigenvalue weighted by atomic mass is 31.2. The van der Waals surface area contributed by atoms with Crippen LogP contribution in [0.1, 0.15) is 174 Å². The van der Waals surface area contributed by atoms with E-state index in [2.05, 4.69) is 18.4 Å². The molecule has 10 nitrogen and oxygen atoms in total. The average molecular weight is 823 g/mol. The molecule has 57 heavy (non-hydrogen) atoms. The van der Waals surface area contributed by atoms with Crippen molar-refractivity contribution in [3.63, 3.8) is 0 Å². The molecule has 0 aromatic rings. The minimum Gasteiger partial charge on any atom is -0.462 e. The molecule has 0 rings (SSSR count). The zero-order valence-electron chi connectivity index (χ0n) is 35.4. The largest absolute Gasteiger partial charge is 0.469 e. The van der Waals surface area contributed by atoms with Gasteiger partial charge in [0.15, 0.2) is 6.10 Å². The summed E-state index contributed by atoms with van der Waals surface area (Å²) in [5.74, 6) is -1.07. The Hall–Kier alpha value is -2.59. The van der Waals surface area contributed by atoms with Crippen LogP contribution in [0.5, 0.6) is 0 Å². The smallest absolute Gasteiger partial charge is 0.462 e. The summed E-state index contributed by atoms with van der Waals surface area (Å²) in [6, 6.07) is 0. The van der Waals surface area contributed by atoms with Crippen molar-refractivity contribution in [3.8, 4) is 0 Å². The number of rotatable bonds is 39. The van der Waals surface area contributed by atoms with Crippen LogP contribution in [0, 0.1) is 0 Å². The lowest BCUT2D eigenvalue weighted by Gasteiger charge is -2.18. The van der Waals surface area contributed by atoms with Gasteiger partial charge in [0.25, 0.3) is 0 Å². The lowest BCUT2D eigenvalue weighted by molar-refractivity contribution is -0.161. The fraction of sp³-hybridized carbons (Fsp3) is 0.696. The molecule has 0 saturated carbocycles. The number of allylic oxidation sites excluding steroid dienone is 8.